The number of aliphatic hydroxyl groups is 1. The number of ether oxygens (including phenoxy) is 2. The molecule has 3 rings (SSSR count). The summed E-state index contributed by atoms with van der Waals surface area (Å²) in [4.78, 5) is 4.09. The molecule has 3 atom stereocenters. The molecule has 0 bridgehead atoms. The minimum Gasteiger partial charge on any atom is -0.389 e. The molecule has 1 aromatic heterocycles. The van der Waals surface area contributed by atoms with E-state index in [1.165, 1.54) is 5.56 Å². The zero-order chi connectivity index (χ0) is 17.3. The van der Waals surface area contributed by atoms with E-state index in [0.717, 1.165) is 18.4 Å². The lowest BCUT2D eigenvalue weighted by Gasteiger charge is -2.28. The van der Waals surface area contributed by atoms with Crippen molar-refractivity contribution >= 4 is 0 Å². The number of rotatable bonds is 7. The maximum Gasteiger partial charge on any atom is 0.0995 e. The summed E-state index contributed by atoms with van der Waals surface area (Å²) in [5, 5.41) is 10.1. The van der Waals surface area contributed by atoms with Crippen LogP contribution in [0, 0.1) is 0 Å². The molecular formula is C21H25NO3. The smallest absolute Gasteiger partial charge is 0.0995 e. The van der Waals surface area contributed by atoms with Crippen LogP contribution in [0.15, 0.2) is 67.0 Å². The van der Waals surface area contributed by atoms with Crippen molar-refractivity contribution in [1.29, 1.82) is 0 Å². The number of pyridine rings is 1. The first kappa shape index (κ1) is 17.8. The molecule has 0 saturated carbocycles. The Balaban J connectivity index is 1.44. The monoisotopic (exact) mass is 339 g/mol. The van der Waals surface area contributed by atoms with Crippen LogP contribution in [0.25, 0.3) is 0 Å². The van der Waals surface area contributed by atoms with Gasteiger partial charge in [0.25, 0.3) is 0 Å². The quantitative estimate of drug-likeness (QED) is 0.788. The zero-order valence-electron chi connectivity index (χ0n) is 14.3. The number of hydrogen-bond donors (Lipinski definition) is 1. The third kappa shape index (κ3) is 6.09. The van der Waals surface area contributed by atoms with Gasteiger partial charge in [-0.15, -0.1) is 0 Å². The fraction of sp³-hybridized carbons (Fsp3) is 0.381. The van der Waals surface area contributed by atoms with Crippen molar-refractivity contribution in [3.63, 3.8) is 0 Å². The Morgan fingerprint density at radius 3 is 2.76 bits per heavy atom. The molecule has 1 N–H and O–H groups in total. The third-order valence-electron chi connectivity index (χ3n) is 4.26. The maximum atomic E-state index is 10.1. The first-order valence-electron chi connectivity index (χ1n) is 8.82. The highest BCUT2D eigenvalue weighted by atomic mass is 16.6. The number of nitrogens with zero attached hydrogens (tertiary/aromatic N) is 1. The van der Waals surface area contributed by atoms with Gasteiger partial charge in [0.2, 0.25) is 0 Å². The van der Waals surface area contributed by atoms with Crippen molar-refractivity contribution < 1.29 is 14.6 Å². The highest BCUT2D eigenvalue weighted by Crippen LogP contribution is 2.15. The molecular weight excluding hydrogens is 314 g/mol. The van der Waals surface area contributed by atoms with Crippen molar-refractivity contribution in [3.8, 4) is 0 Å². The molecule has 132 valence electrons. The highest BCUT2D eigenvalue weighted by Gasteiger charge is 2.21. The first-order chi connectivity index (χ1) is 12.3. The largest absolute Gasteiger partial charge is 0.389 e. The molecule has 4 heteroatoms. The second-order valence-corrected chi connectivity index (χ2v) is 6.38. The molecule has 2 aromatic rings. The lowest BCUT2D eigenvalue weighted by atomic mass is 10.1. The van der Waals surface area contributed by atoms with Crippen molar-refractivity contribution in [3.05, 3.63) is 78.1 Å². The Bertz CT molecular complexity index is 645. The maximum absolute atomic E-state index is 10.1. The Kier molecular flexibility index (Phi) is 6.74. The average Bonchev–Trinajstić information content (AvgIpc) is 2.67. The van der Waals surface area contributed by atoms with Crippen LogP contribution in [0.1, 0.15) is 17.5 Å². The van der Waals surface area contributed by atoms with Gasteiger partial charge < -0.3 is 14.6 Å². The Hall–Kier alpha value is -2.01. The van der Waals surface area contributed by atoms with Crippen LogP contribution in [0.4, 0.5) is 0 Å². The number of aliphatic hydroxyl groups excluding tert-OH is 1. The number of aryl methyl sites for hydroxylation is 1. The molecule has 0 amide bonds. The summed E-state index contributed by atoms with van der Waals surface area (Å²) in [7, 11) is 0. The van der Waals surface area contributed by atoms with E-state index in [9.17, 15) is 5.11 Å². The van der Waals surface area contributed by atoms with Gasteiger partial charge in [0.1, 0.15) is 0 Å². The van der Waals surface area contributed by atoms with Crippen LogP contribution < -0.4 is 0 Å². The minimum atomic E-state index is -0.488. The number of hydrogen-bond acceptors (Lipinski definition) is 4. The van der Waals surface area contributed by atoms with Crippen molar-refractivity contribution in [2.45, 2.75) is 37.6 Å². The van der Waals surface area contributed by atoms with Crippen molar-refractivity contribution in [2.24, 2.45) is 0 Å². The molecule has 2 heterocycles. The molecule has 1 aliphatic heterocycles. The zero-order valence-corrected chi connectivity index (χ0v) is 14.3. The van der Waals surface area contributed by atoms with E-state index < -0.39 is 6.10 Å². The van der Waals surface area contributed by atoms with E-state index in [2.05, 4.69) is 17.1 Å². The summed E-state index contributed by atoms with van der Waals surface area (Å²) < 4.78 is 11.7. The molecule has 25 heavy (non-hydrogen) atoms. The molecule has 3 unspecified atom stereocenters. The lowest BCUT2D eigenvalue weighted by molar-refractivity contribution is -0.118. The molecule has 1 aliphatic rings. The number of benzene rings is 1. The predicted octanol–water partition coefficient (Wildman–Crippen LogP) is 2.96. The summed E-state index contributed by atoms with van der Waals surface area (Å²) in [6, 6.07) is 14.2. The molecule has 4 nitrogen and oxygen atoms in total. The summed E-state index contributed by atoms with van der Waals surface area (Å²) in [5.74, 6) is 0. The van der Waals surface area contributed by atoms with Gasteiger partial charge in [-0.25, -0.2) is 0 Å². The Labute approximate surface area is 149 Å². The van der Waals surface area contributed by atoms with Crippen LogP contribution in [0.2, 0.25) is 0 Å². The van der Waals surface area contributed by atoms with E-state index in [4.69, 9.17) is 9.47 Å². The Morgan fingerprint density at radius 1 is 1.12 bits per heavy atom. The van der Waals surface area contributed by atoms with Gasteiger partial charge in [0.05, 0.1) is 31.5 Å². The van der Waals surface area contributed by atoms with Crippen molar-refractivity contribution in [2.75, 3.05) is 13.2 Å². The second-order valence-electron chi connectivity index (χ2n) is 6.38. The van der Waals surface area contributed by atoms with Gasteiger partial charge in [-0.05, 0) is 30.0 Å². The van der Waals surface area contributed by atoms with Crippen molar-refractivity contribution in [1.82, 2.24) is 4.98 Å². The highest BCUT2D eigenvalue weighted by molar-refractivity contribution is 5.15. The fourth-order valence-corrected chi connectivity index (χ4v) is 2.94. The van der Waals surface area contributed by atoms with Crippen LogP contribution in [0.3, 0.4) is 0 Å². The van der Waals surface area contributed by atoms with Gasteiger partial charge in [-0.2, -0.15) is 0 Å². The van der Waals surface area contributed by atoms with Crippen LogP contribution in [-0.4, -0.2) is 41.6 Å². The van der Waals surface area contributed by atoms with E-state index in [1.54, 1.807) is 6.20 Å². The molecule has 1 saturated heterocycles. The summed E-state index contributed by atoms with van der Waals surface area (Å²) in [6.45, 7) is 1.15. The summed E-state index contributed by atoms with van der Waals surface area (Å²) in [6.07, 6.45) is 9.11. The molecule has 1 aromatic carbocycles. The summed E-state index contributed by atoms with van der Waals surface area (Å²) >= 11 is 0. The van der Waals surface area contributed by atoms with Gasteiger partial charge in [-0.1, -0.05) is 48.6 Å². The third-order valence-corrected chi connectivity index (χ3v) is 4.26. The molecule has 0 radical (unpaired) electrons. The van der Waals surface area contributed by atoms with Gasteiger partial charge in [0.15, 0.2) is 0 Å². The second kappa shape index (κ2) is 9.47. The molecule has 0 spiro atoms. The van der Waals surface area contributed by atoms with Crippen LogP contribution >= 0.6 is 0 Å². The van der Waals surface area contributed by atoms with E-state index >= 15 is 0 Å². The van der Waals surface area contributed by atoms with Crippen LogP contribution in [0.5, 0.6) is 0 Å². The topological polar surface area (TPSA) is 51.6 Å². The normalized spacial score (nSPS) is 22.1. The van der Waals surface area contributed by atoms with E-state index in [1.807, 2.05) is 48.7 Å². The first-order valence-corrected chi connectivity index (χ1v) is 8.82. The summed E-state index contributed by atoms with van der Waals surface area (Å²) in [5.41, 5.74) is 2.38. The molecule has 0 aliphatic carbocycles. The van der Waals surface area contributed by atoms with E-state index in [0.29, 0.717) is 19.6 Å². The fourth-order valence-electron chi connectivity index (χ4n) is 2.94. The lowest BCUT2D eigenvalue weighted by Crippen LogP contribution is -2.36. The standard InChI is InChI=1S/C21H25NO3/c23-19(9-8-18-7-4-12-22-14-18)10-11-20-15-24-16-21(25-20)13-17-5-2-1-3-6-17/h1-7,10-12,14,19-21,23H,8-9,13,15-16H2. The molecule has 1 fully saturated rings. The predicted molar refractivity (Wildman–Crippen MR) is 97.3 cm³/mol. The average molecular weight is 339 g/mol. The van der Waals surface area contributed by atoms with Gasteiger partial charge in [0, 0.05) is 18.8 Å². The van der Waals surface area contributed by atoms with E-state index in [-0.39, 0.29) is 12.2 Å². The SMILES string of the molecule is OC(C=CC1COCC(Cc2ccccc2)O1)CCc1cccnc1. The number of aromatic nitrogens is 1. The van der Waals surface area contributed by atoms with Gasteiger partial charge in [-0.3, -0.25) is 4.98 Å². The van der Waals surface area contributed by atoms with Crippen LogP contribution in [-0.2, 0) is 22.3 Å². The minimum absolute atomic E-state index is 0.0540. The van der Waals surface area contributed by atoms with Gasteiger partial charge >= 0.3 is 0 Å². The Morgan fingerprint density at radius 2 is 1.96 bits per heavy atom.